The summed E-state index contributed by atoms with van der Waals surface area (Å²) in [6.45, 7) is 4.42. The molecule has 6 aliphatic rings. The fourth-order valence-electron chi connectivity index (χ4n) is 10.8. The Kier molecular flexibility index (Phi) is 10.8. The van der Waals surface area contributed by atoms with E-state index in [-0.39, 0.29) is 63.9 Å². The lowest BCUT2D eigenvalue weighted by molar-refractivity contribution is -0.166. The van der Waals surface area contributed by atoms with Gasteiger partial charge in [-0.3, -0.25) is 10.1 Å². The van der Waals surface area contributed by atoms with Crippen molar-refractivity contribution in [2.24, 2.45) is 17.6 Å². The molecule has 0 fully saturated rings. The Labute approximate surface area is 358 Å². The summed E-state index contributed by atoms with van der Waals surface area (Å²) in [5.74, 6) is -2.80. The van der Waals surface area contributed by atoms with Crippen LogP contribution in [0, 0.1) is 11.8 Å². The molecule has 0 saturated heterocycles. The number of aliphatic hydroxyl groups is 3. The van der Waals surface area contributed by atoms with Gasteiger partial charge in [0.2, 0.25) is 0 Å². The summed E-state index contributed by atoms with van der Waals surface area (Å²) in [5.41, 5.74) is 11.0. The molecule has 326 valence electrons. The maximum Gasteiger partial charge on any atom is 0.336 e. The Morgan fingerprint density at radius 3 is 2.74 bits per heavy atom. The van der Waals surface area contributed by atoms with Crippen LogP contribution in [0.3, 0.4) is 0 Å². The second-order valence-corrected chi connectivity index (χ2v) is 17.5. The van der Waals surface area contributed by atoms with E-state index >= 15 is 0 Å². The molecule has 4 bridgehead atoms. The third-order valence-corrected chi connectivity index (χ3v) is 14.0. The molecule has 8 atom stereocenters. The van der Waals surface area contributed by atoms with E-state index in [4.69, 9.17) is 19.6 Å². The number of ether oxygens (including phenoxy) is 2. The Morgan fingerprint density at radius 1 is 1.16 bits per heavy atom. The molecule has 9 rings (SSSR count). The second-order valence-electron chi connectivity index (χ2n) is 17.5. The minimum absolute atomic E-state index is 0.0162. The van der Waals surface area contributed by atoms with E-state index in [0.29, 0.717) is 49.2 Å². The van der Waals surface area contributed by atoms with Crippen molar-refractivity contribution in [3.63, 3.8) is 0 Å². The topological polar surface area (TPSA) is 229 Å². The zero-order valence-electron chi connectivity index (χ0n) is 35.0. The Morgan fingerprint density at radius 2 is 1.98 bits per heavy atom. The van der Waals surface area contributed by atoms with Crippen molar-refractivity contribution in [3.05, 3.63) is 133 Å². The first-order valence-electron chi connectivity index (χ1n) is 21.5. The van der Waals surface area contributed by atoms with E-state index in [1.807, 2.05) is 25.3 Å². The van der Waals surface area contributed by atoms with Gasteiger partial charge in [-0.2, -0.15) is 0 Å². The van der Waals surface area contributed by atoms with Gasteiger partial charge in [0.1, 0.15) is 64.3 Å². The number of phenols is 2. The van der Waals surface area contributed by atoms with Crippen molar-refractivity contribution >= 4 is 16.9 Å². The average Bonchev–Trinajstić information content (AvgIpc) is 3.30. The van der Waals surface area contributed by atoms with E-state index < -0.39 is 66.4 Å². The van der Waals surface area contributed by atoms with E-state index in [2.05, 4.69) is 41.1 Å². The monoisotopic (exact) mass is 846 g/mol. The van der Waals surface area contributed by atoms with Gasteiger partial charge in [-0.05, 0) is 97.9 Å². The van der Waals surface area contributed by atoms with E-state index in [1.165, 1.54) is 6.08 Å². The zero-order valence-corrected chi connectivity index (χ0v) is 35.0. The van der Waals surface area contributed by atoms with Crippen LogP contribution in [0.1, 0.15) is 79.9 Å². The number of esters is 1. The number of aryl methyl sites for hydroxylation is 1. The SMILES string of the molecule is C/C=C(/CO)C(=O)O[C@@H]1Cc2c3c(c4oc(CO)cc(=O)c4c2O)[C@@H]2C4=CCNC(N)=C4[C@@H](CCc4ccc(O)cc4[C@H]2CO)C[C@@H](CC2=CNC4N[C@H](C)C=CC4=C2)[C@]1(C)O3. The van der Waals surface area contributed by atoms with Gasteiger partial charge in [-0.25, -0.2) is 4.79 Å². The molecule has 0 amide bonds. The number of hydrogen-bond donors (Lipinski definition) is 9. The summed E-state index contributed by atoms with van der Waals surface area (Å²) >= 11 is 0. The Bertz CT molecular complexity index is 2600. The molecule has 10 N–H and O–H groups in total. The van der Waals surface area contributed by atoms with Crippen LogP contribution in [0.5, 0.6) is 17.2 Å². The number of fused-ring (bicyclic) bond motifs is 6. The number of nitrogens with two attached hydrogens (primary N) is 1. The molecule has 1 unspecified atom stereocenters. The van der Waals surface area contributed by atoms with Gasteiger partial charge >= 0.3 is 5.97 Å². The molecule has 0 saturated carbocycles. The molecule has 3 aromatic rings. The largest absolute Gasteiger partial charge is 0.508 e. The number of hydrogen-bond acceptors (Lipinski definition) is 14. The number of benzene rings is 2. The van der Waals surface area contributed by atoms with Gasteiger partial charge in [0.25, 0.3) is 0 Å². The number of allylic oxidation sites excluding steroid dienone is 5. The molecule has 14 heteroatoms. The fraction of sp³-hybridized carbons (Fsp3) is 0.417. The van der Waals surface area contributed by atoms with Crippen molar-refractivity contribution in [1.82, 2.24) is 16.0 Å². The molecule has 2 aromatic carbocycles. The quantitative estimate of drug-likeness (QED) is 0.121. The molecule has 1 aromatic heterocycles. The van der Waals surface area contributed by atoms with Crippen LogP contribution in [-0.2, 0) is 29.0 Å². The average molecular weight is 847 g/mol. The zero-order chi connectivity index (χ0) is 43.6. The van der Waals surface area contributed by atoms with E-state index in [1.54, 1.807) is 19.1 Å². The maximum absolute atomic E-state index is 14.2. The lowest BCUT2D eigenvalue weighted by atomic mass is 9.65. The lowest BCUT2D eigenvalue weighted by Crippen LogP contribution is -2.57. The van der Waals surface area contributed by atoms with Crippen LogP contribution < -0.4 is 31.8 Å². The van der Waals surface area contributed by atoms with E-state index in [9.17, 15) is 35.1 Å². The highest BCUT2D eigenvalue weighted by molar-refractivity contribution is 5.92. The number of dihydropyridines is 2. The summed E-state index contributed by atoms with van der Waals surface area (Å²) in [6.07, 6.45) is 12.8. The summed E-state index contributed by atoms with van der Waals surface area (Å²) in [6, 6.07) is 6.50. The molecular formula is C48H54N4O10. The Hall–Kier alpha value is -5.80. The highest BCUT2D eigenvalue weighted by Crippen LogP contribution is 2.59. The van der Waals surface area contributed by atoms with Crippen LogP contribution in [0.15, 0.2) is 104 Å². The lowest BCUT2D eigenvalue weighted by Gasteiger charge is -2.50. The fourth-order valence-corrected chi connectivity index (χ4v) is 10.8. The maximum atomic E-state index is 14.2. The third-order valence-electron chi connectivity index (χ3n) is 14.0. The van der Waals surface area contributed by atoms with Crippen LogP contribution >= 0.6 is 0 Å². The van der Waals surface area contributed by atoms with Gasteiger partial charge in [0.05, 0.1) is 18.8 Å². The minimum Gasteiger partial charge on any atom is -0.508 e. The highest BCUT2D eigenvalue weighted by Gasteiger charge is 2.54. The van der Waals surface area contributed by atoms with Crippen molar-refractivity contribution in [1.29, 1.82) is 0 Å². The third kappa shape index (κ3) is 6.89. The predicted molar refractivity (Wildman–Crippen MR) is 231 cm³/mol. The number of carbonyl (C=O) groups is 1. The van der Waals surface area contributed by atoms with E-state index in [0.717, 1.165) is 33.9 Å². The number of phenolic OH excluding ortho intramolecular Hbond substituents is 2. The summed E-state index contributed by atoms with van der Waals surface area (Å²) in [5, 5.41) is 65.8. The van der Waals surface area contributed by atoms with Crippen molar-refractivity contribution in [3.8, 4) is 17.2 Å². The predicted octanol–water partition coefficient (Wildman–Crippen LogP) is 4.06. The molecule has 0 spiro atoms. The normalized spacial score (nSPS) is 28.9. The van der Waals surface area contributed by atoms with Crippen molar-refractivity contribution < 1.29 is 44.2 Å². The standard InChI is InChI=1S/C48H54N4O10/c1-4-25(20-53)47(59)61-37-18-34-42(58)40-36(57)17-31(21-54)60-44(40)41-39-32-11-12-50-45(49)38(32)27(8-7-26-9-10-30(56)16-33(26)35(39)22-55)15-29(48(37,3)62-43(34)41)14-24-13-28-6-5-23(2)52-46(28)51-19-24/h4-6,9-11,13,16-17,19,23,27,29,35,37,39,46,50-56,58H,7-8,12,14-15,18,20-22,49H2,1-3H3/b25-4-/t23-,27+,29-,35-,37-,39-,46?,48+/m1/s1. The van der Waals surface area contributed by atoms with Crippen molar-refractivity contribution in [2.75, 3.05) is 19.8 Å². The van der Waals surface area contributed by atoms with Crippen molar-refractivity contribution in [2.45, 2.75) is 95.2 Å². The molecule has 62 heavy (non-hydrogen) atoms. The number of aliphatic hydroxyl groups excluding tert-OH is 3. The van der Waals surface area contributed by atoms with Gasteiger partial charge in [-0.15, -0.1) is 0 Å². The van der Waals surface area contributed by atoms with Gasteiger partial charge in [-0.1, -0.05) is 36.4 Å². The second kappa shape index (κ2) is 16.2. The first kappa shape index (κ1) is 41.5. The highest BCUT2D eigenvalue weighted by atomic mass is 16.6. The van der Waals surface area contributed by atoms with Gasteiger partial charge < -0.3 is 55.8 Å². The molecule has 14 nitrogen and oxygen atoms in total. The first-order valence-corrected chi connectivity index (χ1v) is 21.5. The molecular weight excluding hydrogens is 793 g/mol. The van der Waals surface area contributed by atoms with Crippen LogP contribution in [0.25, 0.3) is 11.0 Å². The number of carbonyl (C=O) groups excluding carboxylic acids is 1. The summed E-state index contributed by atoms with van der Waals surface area (Å²) in [7, 11) is 0. The first-order chi connectivity index (χ1) is 29.9. The summed E-state index contributed by atoms with van der Waals surface area (Å²) < 4.78 is 20.3. The number of aromatic hydroxyl groups is 2. The van der Waals surface area contributed by atoms with Gasteiger partial charge in [0.15, 0.2) is 5.43 Å². The number of nitrogens with one attached hydrogen (secondary N) is 3. The molecule has 0 radical (unpaired) electrons. The molecule has 5 aliphatic heterocycles. The molecule has 1 aliphatic carbocycles. The smallest absolute Gasteiger partial charge is 0.336 e. The Balaban J connectivity index is 1.37. The van der Waals surface area contributed by atoms with Gasteiger partial charge in [0, 0.05) is 60.2 Å². The molecule has 6 heterocycles. The minimum atomic E-state index is -1.35. The van der Waals surface area contributed by atoms with Crippen LogP contribution in [0.2, 0.25) is 0 Å². The van der Waals surface area contributed by atoms with Crippen LogP contribution in [-0.4, -0.2) is 75.2 Å². The summed E-state index contributed by atoms with van der Waals surface area (Å²) in [4.78, 5) is 28.1. The van der Waals surface area contributed by atoms with Crippen LogP contribution in [0.4, 0.5) is 0 Å². The number of rotatable bonds is 7.